The minimum absolute atomic E-state index is 0.188. The lowest BCUT2D eigenvalue weighted by Crippen LogP contribution is -2.00. The lowest BCUT2D eigenvalue weighted by atomic mass is 10.1. The fourth-order valence-corrected chi connectivity index (χ4v) is 3.77. The van der Waals surface area contributed by atoms with Gasteiger partial charge in [-0.3, -0.25) is 4.79 Å². The predicted molar refractivity (Wildman–Crippen MR) is 126 cm³/mol. The van der Waals surface area contributed by atoms with Crippen molar-refractivity contribution in [3.63, 3.8) is 0 Å². The molecule has 4 rings (SSSR count). The molecule has 1 aliphatic heterocycles. The number of hydrogen-bond donors (Lipinski definition) is 0. The Kier molecular flexibility index (Phi) is 6.47. The number of Topliss-reactive ketones (excluding diaryl/α,β-unsaturated/α-hetero) is 1. The van der Waals surface area contributed by atoms with E-state index in [9.17, 15) is 4.79 Å². The predicted octanol–water partition coefficient (Wildman–Crippen LogP) is 5.87. The van der Waals surface area contributed by atoms with E-state index < -0.39 is 0 Å². The maximum atomic E-state index is 13.0. The zero-order valence-corrected chi connectivity index (χ0v) is 19.5. The molecule has 170 valence electrons. The number of ether oxygens (including phenoxy) is 5. The van der Waals surface area contributed by atoms with E-state index in [1.165, 1.54) is 14.2 Å². The van der Waals surface area contributed by atoms with Crippen LogP contribution in [0.4, 0.5) is 0 Å². The first kappa shape index (κ1) is 22.6. The molecule has 7 heteroatoms. The van der Waals surface area contributed by atoms with E-state index in [4.69, 9.17) is 35.3 Å². The first-order chi connectivity index (χ1) is 16.0. The molecule has 1 aliphatic rings. The van der Waals surface area contributed by atoms with Crippen molar-refractivity contribution in [2.75, 3.05) is 21.3 Å². The number of halogens is 1. The van der Waals surface area contributed by atoms with Crippen LogP contribution in [0.3, 0.4) is 0 Å². The first-order valence-electron chi connectivity index (χ1n) is 10.2. The fraction of sp³-hybridized carbons (Fsp3) is 0.192. The van der Waals surface area contributed by atoms with Crippen molar-refractivity contribution in [2.45, 2.75) is 13.5 Å². The number of carbonyl (C=O) groups is 1. The second-order valence-corrected chi connectivity index (χ2v) is 7.78. The molecular weight excluding hydrogens is 444 g/mol. The van der Waals surface area contributed by atoms with Gasteiger partial charge in [-0.25, -0.2) is 0 Å². The molecule has 0 unspecified atom stereocenters. The lowest BCUT2D eigenvalue weighted by Gasteiger charge is -2.14. The zero-order valence-electron chi connectivity index (χ0n) is 18.7. The van der Waals surface area contributed by atoms with Crippen molar-refractivity contribution in [3.05, 3.63) is 81.6 Å². The molecule has 0 radical (unpaired) electrons. The van der Waals surface area contributed by atoms with Gasteiger partial charge in [-0.1, -0.05) is 23.7 Å². The summed E-state index contributed by atoms with van der Waals surface area (Å²) in [7, 11) is 4.60. The number of fused-ring (bicyclic) bond motifs is 1. The van der Waals surface area contributed by atoms with Gasteiger partial charge in [-0.2, -0.15) is 0 Å². The zero-order chi connectivity index (χ0) is 23.5. The monoisotopic (exact) mass is 466 g/mol. The summed E-state index contributed by atoms with van der Waals surface area (Å²) < 4.78 is 28.2. The highest BCUT2D eigenvalue weighted by atomic mass is 35.5. The average Bonchev–Trinajstić information content (AvgIpc) is 3.15. The van der Waals surface area contributed by atoms with E-state index in [-0.39, 0.29) is 11.5 Å². The summed E-state index contributed by atoms with van der Waals surface area (Å²) in [6.07, 6.45) is 1.64. The van der Waals surface area contributed by atoms with Gasteiger partial charge in [0.2, 0.25) is 11.5 Å². The Morgan fingerprint density at radius 3 is 2.24 bits per heavy atom. The number of carbonyl (C=O) groups excluding carboxylic acids is 1. The molecule has 0 aliphatic carbocycles. The van der Waals surface area contributed by atoms with Crippen molar-refractivity contribution in [2.24, 2.45) is 0 Å². The molecule has 3 aromatic rings. The minimum atomic E-state index is -0.214. The van der Waals surface area contributed by atoms with E-state index in [0.717, 1.165) is 11.1 Å². The van der Waals surface area contributed by atoms with Crippen LogP contribution in [-0.2, 0) is 6.61 Å². The van der Waals surface area contributed by atoms with Crippen LogP contribution in [-0.4, -0.2) is 27.1 Å². The quantitative estimate of drug-likeness (QED) is 0.406. The van der Waals surface area contributed by atoms with Gasteiger partial charge < -0.3 is 23.7 Å². The second kappa shape index (κ2) is 9.46. The number of benzene rings is 3. The smallest absolute Gasteiger partial charge is 0.231 e. The van der Waals surface area contributed by atoms with Gasteiger partial charge in [0.15, 0.2) is 17.3 Å². The summed E-state index contributed by atoms with van der Waals surface area (Å²) in [6, 6.07) is 14.5. The molecule has 0 N–H and O–H groups in total. The Labute approximate surface area is 197 Å². The van der Waals surface area contributed by atoms with E-state index in [0.29, 0.717) is 51.5 Å². The third kappa shape index (κ3) is 4.34. The Hall–Kier alpha value is -3.64. The van der Waals surface area contributed by atoms with Crippen LogP contribution in [0.2, 0.25) is 5.02 Å². The molecule has 6 nitrogen and oxygen atoms in total. The van der Waals surface area contributed by atoms with Gasteiger partial charge >= 0.3 is 0 Å². The summed E-state index contributed by atoms with van der Waals surface area (Å²) in [5, 5.41) is 0.671. The molecule has 0 saturated carbocycles. The van der Waals surface area contributed by atoms with Crippen LogP contribution < -0.4 is 23.7 Å². The average molecular weight is 467 g/mol. The standard InChI is InChI=1S/C26H23ClO6/c1-15-20(32-14-16-5-8-18(27)9-6-16)12-10-19-23(28)22(33-24(15)19)13-17-7-11-21(29-2)26(31-4)25(17)30-3/h5-13H,14H2,1-4H3/b22-13-. The summed E-state index contributed by atoms with van der Waals surface area (Å²) in [5.74, 6) is 2.51. The Morgan fingerprint density at radius 1 is 0.879 bits per heavy atom. The molecule has 0 atom stereocenters. The molecule has 0 saturated heterocycles. The number of methoxy groups -OCH3 is 3. The Balaban J connectivity index is 1.62. The third-order valence-corrected chi connectivity index (χ3v) is 5.62. The van der Waals surface area contributed by atoms with Gasteiger partial charge in [0, 0.05) is 16.1 Å². The Morgan fingerprint density at radius 2 is 1.58 bits per heavy atom. The van der Waals surface area contributed by atoms with Gasteiger partial charge in [0.05, 0.1) is 26.9 Å². The third-order valence-electron chi connectivity index (χ3n) is 5.37. The van der Waals surface area contributed by atoms with Crippen molar-refractivity contribution in [3.8, 4) is 28.7 Å². The lowest BCUT2D eigenvalue weighted by molar-refractivity contribution is 0.101. The fourth-order valence-electron chi connectivity index (χ4n) is 3.65. The topological polar surface area (TPSA) is 63.2 Å². The highest BCUT2D eigenvalue weighted by Gasteiger charge is 2.31. The SMILES string of the molecule is COc1ccc(/C=C2\Oc3c(ccc(OCc4ccc(Cl)cc4)c3C)C2=O)c(OC)c1OC. The summed E-state index contributed by atoms with van der Waals surface area (Å²) in [4.78, 5) is 13.0. The van der Waals surface area contributed by atoms with Crippen molar-refractivity contribution >= 4 is 23.5 Å². The van der Waals surface area contributed by atoms with Gasteiger partial charge in [0.25, 0.3) is 0 Å². The van der Waals surface area contributed by atoms with Crippen LogP contribution in [0.5, 0.6) is 28.7 Å². The molecule has 33 heavy (non-hydrogen) atoms. The van der Waals surface area contributed by atoms with E-state index in [2.05, 4.69) is 0 Å². The van der Waals surface area contributed by atoms with Crippen molar-refractivity contribution < 1.29 is 28.5 Å². The van der Waals surface area contributed by atoms with Gasteiger partial charge in [-0.05, 0) is 55.0 Å². The maximum absolute atomic E-state index is 13.0. The number of allylic oxidation sites excluding steroid dienone is 1. The van der Waals surface area contributed by atoms with Crippen LogP contribution in [0.15, 0.2) is 54.3 Å². The van der Waals surface area contributed by atoms with E-state index in [1.807, 2.05) is 31.2 Å². The van der Waals surface area contributed by atoms with Crippen LogP contribution in [0, 0.1) is 6.92 Å². The maximum Gasteiger partial charge on any atom is 0.231 e. The first-order valence-corrected chi connectivity index (χ1v) is 10.6. The highest BCUT2D eigenvalue weighted by Crippen LogP contribution is 2.43. The Bertz CT molecular complexity index is 1230. The van der Waals surface area contributed by atoms with Crippen LogP contribution in [0.25, 0.3) is 6.08 Å². The normalized spacial score (nSPS) is 13.5. The number of ketones is 1. The highest BCUT2D eigenvalue weighted by molar-refractivity contribution is 6.30. The molecule has 0 amide bonds. The summed E-state index contributed by atoms with van der Waals surface area (Å²) in [6.45, 7) is 2.24. The summed E-state index contributed by atoms with van der Waals surface area (Å²) in [5.41, 5.74) is 2.84. The number of rotatable bonds is 7. The minimum Gasteiger partial charge on any atom is -0.493 e. The van der Waals surface area contributed by atoms with Gasteiger partial charge in [-0.15, -0.1) is 0 Å². The molecule has 0 fully saturated rings. The largest absolute Gasteiger partial charge is 0.493 e. The van der Waals surface area contributed by atoms with Crippen LogP contribution in [0.1, 0.15) is 27.0 Å². The molecule has 3 aromatic carbocycles. The molecule has 0 aromatic heterocycles. The van der Waals surface area contributed by atoms with E-state index in [1.54, 1.807) is 37.5 Å². The summed E-state index contributed by atoms with van der Waals surface area (Å²) >= 11 is 5.94. The number of hydrogen-bond acceptors (Lipinski definition) is 6. The van der Waals surface area contributed by atoms with Crippen molar-refractivity contribution in [1.29, 1.82) is 0 Å². The molecule has 0 spiro atoms. The van der Waals surface area contributed by atoms with Crippen molar-refractivity contribution in [1.82, 2.24) is 0 Å². The molecule has 0 bridgehead atoms. The molecular formula is C26H23ClO6. The second-order valence-electron chi connectivity index (χ2n) is 7.34. The van der Waals surface area contributed by atoms with E-state index >= 15 is 0 Å². The molecule has 1 heterocycles. The van der Waals surface area contributed by atoms with Gasteiger partial charge in [0.1, 0.15) is 18.1 Å². The van der Waals surface area contributed by atoms with Crippen LogP contribution >= 0.6 is 11.6 Å².